The molecule has 0 radical (unpaired) electrons. The zero-order chi connectivity index (χ0) is 16.8. The van der Waals surface area contributed by atoms with Crippen molar-refractivity contribution in [3.05, 3.63) is 23.5 Å². The summed E-state index contributed by atoms with van der Waals surface area (Å²) in [5.74, 6) is 0.313. The second kappa shape index (κ2) is 5.69. The van der Waals surface area contributed by atoms with Gasteiger partial charge in [0.25, 0.3) is 5.91 Å². The summed E-state index contributed by atoms with van der Waals surface area (Å²) in [6.07, 6.45) is 4.66. The number of likely N-dealkylation sites (tertiary alicyclic amines) is 2. The lowest BCUT2D eigenvalue weighted by atomic mass is 9.78. The lowest BCUT2D eigenvalue weighted by molar-refractivity contribution is -0.147. The van der Waals surface area contributed by atoms with Crippen LogP contribution in [-0.4, -0.2) is 51.9 Å². The lowest BCUT2D eigenvalue weighted by Gasteiger charge is -2.41. The third-order valence-electron chi connectivity index (χ3n) is 5.65. The molecule has 1 spiro atoms. The van der Waals surface area contributed by atoms with Gasteiger partial charge in [0.1, 0.15) is 0 Å². The summed E-state index contributed by atoms with van der Waals surface area (Å²) in [4.78, 5) is 29.6. The van der Waals surface area contributed by atoms with Gasteiger partial charge in [-0.25, -0.2) is 0 Å². The van der Waals surface area contributed by atoms with Crippen LogP contribution in [0.1, 0.15) is 49.2 Å². The van der Waals surface area contributed by atoms with Crippen LogP contribution in [0.2, 0.25) is 0 Å². The second-order valence-electron chi connectivity index (χ2n) is 7.38. The first-order valence-electron chi connectivity index (χ1n) is 8.58. The van der Waals surface area contributed by atoms with Crippen LogP contribution in [0.15, 0.2) is 12.3 Å². The van der Waals surface area contributed by atoms with Crippen molar-refractivity contribution in [1.82, 2.24) is 14.4 Å². The SMILES string of the molecule is Cc1c(C(=O)N2CCC3(CCCN(C(C)C)C3=O)C2)ccn1C. The van der Waals surface area contributed by atoms with Crippen LogP contribution < -0.4 is 0 Å². The molecule has 2 saturated heterocycles. The van der Waals surface area contributed by atoms with Crippen LogP contribution >= 0.6 is 0 Å². The molecule has 0 bridgehead atoms. The van der Waals surface area contributed by atoms with Crippen molar-refractivity contribution in [3.8, 4) is 0 Å². The number of carbonyl (C=O) groups excluding carboxylic acids is 2. The number of nitrogens with zero attached hydrogens (tertiary/aromatic N) is 3. The number of hydrogen-bond acceptors (Lipinski definition) is 2. The molecule has 5 heteroatoms. The molecule has 2 fully saturated rings. The molecule has 1 atom stereocenters. The maximum atomic E-state index is 13.0. The highest BCUT2D eigenvalue weighted by Crippen LogP contribution is 2.41. The Hall–Kier alpha value is -1.78. The zero-order valence-electron chi connectivity index (χ0n) is 14.6. The molecule has 1 aromatic rings. The summed E-state index contributed by atoms with van der Waals surface area (Å²) in [5.41, 5.74) is 1.39. The van der Waals surface area contributed by atoms with Gasteiger partial charge in [0.15, 0.2) is 0 Å². The Morgan fingerprint density at radius 2 is 2.00 bits per heavy atom. The van der Waals surface area contributed by atoms with Crippen molar-refractivity contribution in [3.63, 3.8) is 0 Å². The van der Waals surface area contributed by atoms with Crippen molar-refractivity contribution >= 4 is 11.8 Å². The largest absolute Gasteiger partial charge is 0.354 e. The van der Waals surface area contributed by atoms with Crippen LogP contribution in [0.3, 0.4) is 0 Å². The van der Waals surface area contributed by atoms with Crippen molar-refractivity contribution in [2.75, 3.05) is 19.6 Å². The molecule has 1 unspecified atom stereocenters. The molecule has 2 amide bonds. The molecule has 2 aliphatic heterocycles. The molecule has 126 valence electrons. The molecular weight excluding hydrogens is 290 g/mol. The van der Waals surface area contributed by atoms with E-state index in [0.29, 0.717) is 13.1 Å². The minimum absolute atomic E-state index is 0.0643. The first-order chi connectivity index (χ1) is 10.9. The highest BCUT2D eigenvalue weighted by atomic mass is 16.2. The Kier molecular flexibility index (Phi) is 3.98. The summed E-state index contributed by atoms with van der Waals surface area (Å²) in [7, 11) is 1.95. The minimum Gasteiger partial charge on any atom is -0.354 e. The average Bonchev–Trinajstić information content (AvgIpc) is 3.08. The summed E-state index contributed by atoms with van der Waals surface area (Å²) in [5, 5.41) is 0. The fourth-order valence-corrected chi connectivity index (χ4v) is 4.02. The minimum atomic E-state index is -0.346. The number of rotatable bonds is 2. The van der Waals surface area contributed by atoms with Crippen LogP contribution in [0.25, 0.3) is 0 Å². The molecule has 3 heterocycles. The Labute approximate surface area is 138 Å². The van der Waals surface area contributed by atoms with Gasteiger partial charge in [-0.1, -0.05) is 0 Å². The van der Waals surface area contributed by atoms with Crippen molar-refractivity contribution in [1.29, 1.82) is 0 Å². The normalized spacial score (nSPS) is 25.0. The van der Waals surface area contributed by atoms with E-state index in [1.807, 2.05) is 40.6 Å². The van der Waals surface area contributed by atoms with Gasteiger partial charge in [0.2, 0.25) is 5.91 Å². The maximum absolute atomic E-state index is 13.0. The van der Waals surface area contributed by atoms with Gasteiger partial charge in [0, 0.05) is 44.6 Å². The summed E-state index contributed by atoms with van der Waals surface area (Å²) < 4.78 is 1.96. The van der Waals surface area contributed by atoms with Gasteiger partial charge in [-0.2, -0.15) is 0 Å². The molecule has 0 saturated carbocycles. The number of piperidine rings is 1. The molecule has 5 nitrogen and oxygen atoms in total. The standard InChI is InChI=1S/C18H27N3O2/c1-13(2)21-9-5-7-18(17(21)23)8-11-20(12-18)16(22)15-6-10-19(4)14(15)3/h6,10,13H,5,7-9,11-12H2,1-4H3. The van der Waals surface area contributed by atoms with E-state index < -0.39 is 0 Å². The van der Waals surface area contributed by atoms with E-state index in [9.17, 15) is 9.59 Å². The van der Waals surface area contributed by atoms with Crippen molar-refractivity contribution < 1.29 is 9.59 Å². The first-order valence-corrected chi connectivity index (χ1v) is 8.58. The zero-order valence-corrected chi connectivity index (χ0v) is 14.6. The van der Waals surface area contributed by atoms with Crippen LogP contribution in [0.5, 0.6) is 0 Å². The number of aromatic nitrogens is 1. The van der Waals surface area contributed by atoms with Gasteiger partial charge in [-0.3, -0.25) is 9.59 Å². The van der Waals surface area contributed by atoms with E-state index in [0.717, 1.165) is 37.1 Å². The number of aryl methyl sites for hydroxylation is 1. The predicted octanol–water partition coefficient (Wildman–Crippen LogP) is 2.20. The Morgan fingerprint density at radius 3 is 2.61 bits per heavy atom. The van der Waals surface area contributed by atoms with Gasteiger partial charge in [0.05, 0.1) is 11.0 Å². The monoisotopic (exact) mass is 317 g/mol. The summed E-state index contributed by atoms with van der Waals surface area (Å²) >= 11 is 0. The second-order valence-corrected chi connectivity index (χ2v) is 7.38. The molecule has 1 aromatic heterocycles. The fourth-order valence-electron chi connectivity index (χ4n) is 4.02. The first kappa shape index (κ1) is 16.1. The van der Waals surface area contributed by atoms with Gasteiger partial charge >= 0.3 is 0 Å². The third kappa shape index (κ3) is 2.56. The summed E-state index contributed by atoms with van der Waals surface area (Å²) in [6.45, 7) is 8.21. The van der Waals surface area contributed by atoms with Crippen LogP contribution in [0, 0.1) is 12.3 Å². The lowest BCUT2D eigenvalue weighted by Crippen LogP contribution is -2.52. The van der Waals surface area contributed by atoms with E-state index in [1.54, 1.807) is 0 Å². The third-order valence-corrected chi connectivity index (χ3v) is 5.65. The quantitative estimate of drug-likeness (QED) is 0.839. The Balaban J connectivity index is 1.79. The average molecular weight is 317 g/mol. The number of hydrogen-bond donors (Lipinski definition) is 0. The van der Waals surface area contributed by atoms with Crippen LogP contribution in [-0.2, 0) is 11.8 Å². The molecule has 0 aromatic carbocycles. The summed E-state index contributed by atoms with van der Waals surface area (Å²) in [6, 6.07) is 2.12. The van der Waals surface area contributed by atoms with Gasteiger partial charge in [-0.15, -0.1) is 0 Å². The fraction of sp³-hybridized carbons (Fsp3) is 0.667. The molecular formula is C18H27N3O2. The van der Waals surface area contributed by atoms with E-state index in [4.69, 9.17) is 0 Å². The highest BCUT2D eigenvalue weighted by Gasteiger charge is 2.49. The highest BCUT2D eigenvalue weighted by molar-refractivity contribution is 5.96. The molecule has 0 aliphatic carbocycles. The smallest absolute Gasteiger partial charge is 0.255 e. The van der Waals surface area contributed by atoms with Gasteiger partial charge < -0.3 is 14.4 Å². The van der Waals surface area contributed by atoms with Crippen LogP contribution in [0.4, 0.5) is 0 Å². The predicted molar refractivity (Wildman–Crippen MR) is 89.2 cm³/mol. The molecule has 3 rings (SSSR count). The molecule has 23 heavy (non-hydrogen) atoms. The maximum Gasteiger partial charge on any atom is 0.255 e. The molecule has 2 aliphatic rings. The Bertz CT molecular complexity index is 634. The Morgan fingerprint density at radius 1 is 1.26 bits per heavy atom. The van der Waals surface area contributed by atoms with E-state index >= 15 is 0 Å². The number of carbonyl (C=O) groups is 2. The topological polar surface area (TPSA) is 45.6 Å². The molecule has 0 N–H and O–H groups in total. The number of amides is 2. The van der Waals surface area contributed by atoms with E-state index in [1.165, 1.54) is 0 Å². The van der Waals surface area contributed by atoms with Crippen molar-refractivity contribution in [2.45, 2.75) is 46.1 Å². The van der Waals surface area contributed by atoms with E-state index in [2.05, 4.69) is 13.8 Å². The van der Waals surface area contributed by atoms with E-state index in [-0.39, 0.29) is 23.3 Å². The van der Waals surface area contributed by atoms with Gasteiger partial charge in [-0.05, 0) is 46.1 Å². The van der Waals surface area contributed by atoms with Crippen molar-refractivity contribution in [2.24, 2.45) is 12.5 Å².